The van der Waals surface area contributed by atoms with Gasteiger partial charge in [0.2, 0.25) is 5.91 Å². The van der Waals surface area contributed by atoms with Crippen LogP contribution in [0, 0.1) is 5.92 Å². The fraction of sp³-hybridized carbons (Fsp3) is 0.688. The number of nitrogens with zero attached hydrogens (tertiary/aromatic N) is 2. The molecule has 118 valence electrons. The number of carbonyl (C=O) groups is 1. The normalized spacial score (nSPS) is 21.9. The van der Waals surface area contributed by atoms with E-state index in [-0.39, 0.29) is 5.91 Å². The van der Waals surface area contributed by atoms with Gasteiger partial charge in [-0.3, -0.25) is 9.69 Å². The molecule has 0 aliphatic heterocycles. The van der Waals surface area contributed by atoms with Gasteiger partial charge in [-0.05, 0) is 43.3 Å². The van der Waals surface area contributed by atoms with Crippen LogP contribution in [0.3, 0.4) is 0 Å². The van der Waals surface area contributed by atoms with E-state index >= 15 is 0 Å². The van der Waals surface area contributed by atoms with Crippen LogP contribution in [0.2, 0.25) is 0 Å². The van der Waals surface area contributed by atoms with Crippen molar-refractivity contribution in [2.45, 2.75) is 38.8 Å². The molecular formula is C16H27N3OS. The number of likely N-dealkylation sites (N-methyl/N-ethyl adjacent to an activating group) is 2. The van der Waals surface area contributed by atoms with E-state index in [2.05, 4.69) is 23.3 Å². The Balaban J connectivity index is 1.89. The number of hydrogen-bond donors (Lipinski definition) is 1. The molecule has 1 aromatic rings. The van der Waals surface area contributed by atoms with Crippen molar-refractivity contribution in [1.29, 1.82) is 0 Å². The molecule has 1 fully saturated rings. The second-order valence-electron chi connectivity index (χ2n) is 5.89. The Labute approximate surface area is 131 Å². The van der Waals surface area contributed by atoms with E-state index in [4.69, 9.17) is 5.73 Å². The SMILES string of the molecule is CCN(CC(=O)N(C)Cc1cccs1)C1CCCC1CN. The van der Waals surface area contributed by atoms with Crippen molar-refractivity contribution < 1.29 is 4.79 Å². The first-order valence-corrected chi connectivity index (χ1v) is 8.74. The molecule has 0 spiro atoms. The molecule has 1 saturated carbocycles. The van der Waals surface area contributed by atoms with Gasteiger partial charge in [0.25, 0.3) is 0 Å². The van der Waals surface area contributed by atoms with Gasteiger partial charge in [0.15, 0.2) is 0 Å². The lowest BCUT2D eigenvalue weighted by atomic mass is 10.0. The van der Waals surface area contributed by atoms with Crippen LogP contribution in [-0.2, 0) is 11.3 Å². The summed E-state index contributed by atoms with van der Waals surface area (Å²) in [7, 11) is 1.89. The van der Waals surface area contributed by atoms with Gasteiger partial charge in [-0.15, -0.1) is 11.3 Å². The van der Waals surface area contributed by atoms with Crippen LogP contribution < -0.4 is 5.73 Å². The zero-order valence-electron chi connectivity index (χ0n) is 13.1. The molecule has 1 aliphatic rings. The van der Waals surface area contributed by atoms with Gasteiger partial charge in [0, 0.05) is 18.0 Å². The summed E-state index contributed by atoms with van der Waals surface area (Å²) in [5, 5.41) is 2.05. The summed E-state index contributed by atoms with van der Waals surface area (Å²) in [4.78, 5) is 17.8. The molecule has 4 nitrogen and oxygen atoms in total. The standard InChI is InChI=1S/C16H27N3OS/c1-3-19(15-8-4-6-13(15)10-17)12-16(20)18(2)11-14-7-5-9-21-14/h5,7,9,13,15H,3-4,6,8,10-12,17H2,1-2H3. The fourth-order valence-electron chi connectivity index (χ4n) is 3.26. The largest absolute Gasteiger partial charge is 0.340 e. The van der Waals surface area contributed by atoms with Crippen LogP contribution in [0.4, 0.5) is 0 Å². The number of carbonyl (C=O) groups excluding carboxylic acids is 1. The molecule has 0 aromatic carbocycles. The number of nitrogens with two attached hydrogens (primary N) is 1. The first-order valence-electron chi connectivity index (χ1n) is 7.86. The molecule has 5 heteroatoms. The Morgan fingerprint density at radius 3 is 2.90 bits per heavy atom. The predicted molar refractivity (Wildman–Crippen MR) is 88.2 cm³/mol. The van der Waals surface area contributed by atoms with Crippen LogP contribution in [0.25, 0.3) is 0 Å². The van der Waals surface area contributed by atoms with Gasteiger partial charge in [-0.25, -0.2) is 0 Å². The number of amides is 1. The van der Waals surface area contributed by atoms with E-state index < -0.39 is 0 Å². The molecule has 1 amide bonds. The lowest BCUT2D eigenvalue weighted by molar-refractivity contribution is -0.132. The van der Waals surface area contributed by atoms with Gasteiger partial charge in [0.1, 0.15) is 0 Å². The summed E-state index contributed by atoms with van der Waals surface area (Å²) >= 11 is 1.70. The van der Waals surface area contributed by atoms with Gasteiger partial charge < -0.3 is 10.6 Å². The molecule has 0 radical (unpaired) electrons. The number of thiophene rings is 1. The van der Waals surface area contributed by atoms with Gasteiger partial charge in [-0.1, -0.05) is 19.4 Å². The summed E-state index contributed by atoms with van der Waals surface area (Å²) in [5.74, 6) is 0.758. The van der Waals surface area contributed by atoms with Crippen molar-refractivity contribution in [2.24, 2.45) is 11.7 Å². The maximum absolute atomic E-state index is 12.4. The molecule has 1 aliphatic carbocycles. The van der Waals surface area contributed by atoms with Crippen LogP contribution in [0.1, 0.15) is 31.1 Å². The highest BCUT2D eigenvalue weighted by Gasteiger charge is 2.31. The van der Waals surface area contributed by atoms with Crippen molar-refractivity contribution in [3.05, 3.63) is 22.4 Å². The third-order valence-corrected chi connectivity index (χ3v) is 5.40. The second-order valence-corrected chi connectivity index (χ2v) is 6.92. The highest BCUT2D eigenvalue weighted by atomic mass is 32.1. The quantitative estimate of drug-likeness (QED) is 0.839. The predicted octanol–water partition coefficient (Wildman–Crippen LogP) is 2.16. The van der Waals surface area contributed by atoms with Gasteiger partial charge in [-0.2, -0.15) is 0 Å². The Morgan fingerprint density at radius 1 is 1.48 bits per heavy atom. The topological polar surface area (TPSA) is 49.6 Å². The Bertz CT molecular complexity index is 435. The van der Waals surface area contributed by atoms with Crippen LogP contribution in [0.15, 0.2) is 17.5 Å². The summed E-state index contributed by atoms with van der Waals surface area (Å²) in [5.41, 5.74) is 5.88. The number of hydrogen-bond acceptors (Lipinski definition) is 4. The smallest absolute Gasteiger partial charge is 0.236 e. The molecular weight excluding hydrogens is 282 g/mol. The van der Waals surface area contributed by atoms with Crippen molar-refractivity contribution in [3.63, 3.8) is 0 Å². The van der Waals surface area contributed by atoms with E-state index in [1.54, 1.807) is 11.3 Å². The zero-order valence-corrected chi connectivity index (χ0v) is 13.9. The minimum absolute atomic E-state index is 0.202. The zero-order chi connectivity index (χ0) is 15.2. The van der Waals surface area contributed by atoms with E-state index in [9.17, 15) is 4.79 Å². The first kappa shape index (κ1) is 16.5. The maximum Gasteiger partial charge on any atom is 0.236 e. The van der Waals surface area contributed by atoms with E-state index in [0.717, 1.165) is 13.1 Å². The molecule has 2 N–H and O–H groups in total. The summed E-state index contributed by atoms with van der Waals surface area (Å²) < 4.78 is 0. The van der Waals surface area contributed by atoms with Gasteiger partial charge in [0.05, 0.1) is 13.1 Å². The van der Waals surface area contributed by atoms with Crippen LogP contribution in [0.5, 0.6) is 0 Å². The number of rotatable bonds is 7. The average Bonchev–Trinajstić information content (AvgIpc) is 3.15. The van der Waals surface area contributed by atoms with Crippen molar-refractivity contribution in [1.82, 2.24) is 9.80 Å². The minimum atomic E-state index is 0.202. The van der Waals surface area contributed by atoms with Crippen molar-refractivity contribution in [2.75, 3.05) is 26.7 Å². The second kappa shape index (κ2) is 7.92. The molecule has 1 aromatic heterocycles. The van der Waals surface area contributed by atoms with Crippen molar-refractivity contribution in [3.8, 4) is 0 Å². The lowest BCUT2D eigenvalue weighted by Gasteiger charge is -2.32. The Morgan fingerprint density at radius 2 is 2.29 bits per heavy atom. The highest BCUT2D eigenvalue weighted by Crippen LogP contribution is 2.29. The van der Waals surface area contributed by atoms with Crippen LogP contribution >= 0.6 is 11.3 Å². The summed E-state index contributed by atoms with van der Waals surface area (Å²) in [6.07, 6.45) is 3.62. The van der Waals surface area contributed by atoms with Gasteiger partial charge >= 0.3 is 0 Å². The Hall–Kier alpha value is -0.910. The molecule has 2 unspecified atom stereocenters. The third-order valence-electron chi connectivity index (χ3n) is 4.53. The lowest BCUT2D eigenvalue weighted by Crippen LogP contribution is -2.46. The molecule has 0 bridgehead atoms. The minimum Gasteiger partial charge on any atom is -0.340 e. The third kappa shape index (κ3) is 4.28. The Kier molecular flexibility index (Phi) is 6.21. The van der Waals surface area contributed by atoms with Crippen LogP contribution in [-0.4, -0.2) is 48.4 Å². The molecule has 21 heavy (non-hydrogen) atoms. The van der Waals surface area contributed by atoms with E-state index in [0.29, 0.717) is 25.0 Å². The monoisotopic (exact) mass is 309 g/mol. The first-order chi connectivity index (χ1) is 10.2. The van der Waals surface area contributed by atoms with Crippen molar-refractivity contribution >= 4 is 17.2 Å². The molecule has 1 heterocycles. The average molecular weight is 309 g/mol. The van der Waals surface area contributed by atoms with E-state index in [1.807, 2.05) is 18.0 Å². The maximum atomic E-state index is 12.4. The molecule has 0 saturated heterocycles. The fourth-order valence-corrected chi connectivity index (χ4v) is 4.01. The summed E-state index contributed by atoms with van der Waals surface area (Å²) in [6, 6.07) is 4.59. The summed E-state index contributed by atoms with van der Waals surface area (Å²) in [6.45, 7) is 5.01. The van der Waals surface area contributed by atoms with E-state index in [1.165, 1.54) is 24.1 Å². The molecule has 2 atom stereocenters. The highest BCUT2D eigenvalue weighted by molar-refractivity contribution is 7.09. The molecule has 2 rings (SSSR count).